The largest absolute Gasteiger partial charge is 0.480 e. The lowest BCUT2D eigenvalue weighted by atomic mass is 10.2. The lowest BCUT2D eigenvalue weighted by Gasteiger charge is -2.28. The van der Waals surface area contributed by atoms with E-state index in [9.17, 15) is 13.8 Å². The van der Waals surface area contributed by atoms with E-state index in [2.05, 4.69) is 10.4 Å². The number of hydrazine groups is 1. The van der Waals surface area contributed by atoms with Crippen LogP contribution in [0.4, 0.5) is 4.39 Å². The molecule has 1 aromatic rings. The van der Waals surface area contributed by atoms with Crippen LogP contribution >= 0.6 is 19.4 Å². The van der Waals surface area contributed by atoms with E-state index in [1.165, 1.54) is 30.0 Å². The van der Waals surface area contributed by atoms with Gasteiger partial charge in [0.05, 0.1) is 18.1 Å². The third kappa shape index (κ3) is 5.92. The number of aliphatic imine (C=N–C) groups is 1. The second kappa shape index (κ2) is 10.5. The number of carbonyl (C=O) groups is 1. The zero-order valence-electron chi connectivity index (χ0n) is 16.9. The van der Waals surface area contributed by atoms with Gasteiger partial charge in [-0.2, -0.15) is 4.99 Å². The Labute approximate surface area is 179 Å². The highest BCUT2D eigenvalue weighted by Crippen LogP contribution is 2.48. The number of nitrogens with one attached hydrogen (secondary N) is 1. The van der Waals surface area contributed by atoms with Crippen LogP contribution < -0.4 is 10.2 Å². The summed E-state index contributed by atoms with van der Waals surface area (Å²) in [6, 6.07) is 3.93. The summed E-state index contributed by atoms with van der Waals surface area (Å²) in [5.74, 6) is -0.748. The third-order valence-corrected chi connectivity index (χ3v) is 7.00. The maximum Gasteiger partial charge on any atom is 0.367 e. The quantitative estimate of drug-likeness (QED) is 0.463. The minimum Gasteiger partial charge on any atom is -0.480 e. The van der Waals surface area contributed by atoms with E-state index in [0.717, 1.165) is 25.9 Å². The molecule has 1 N–H and O–H groups in total. The molecule has 3 rings (SSSR count). The highest BCUT2D eigenvalue weighted by molar-refractivity contribution is 8.18. The van der Waals surface area contributed by atoms with Crippen LogP contribution in [0.15, 0.2) is 28.1 Å². The van der Waals surface area contributed by atoms with Crippen LogP contribution in [-0.4, -0.2) is 48.7 Å². The van der Waals surface area contributed by atoms with E-state index in [1.54, 1.807) is 19.9 Å². The van der Waals surface area contributed by atoms with Crippen molar-refractivity contribution >= 4 is 36.5 Å². The molecule has 0 unspecified atom stereocenters. The molecule has 0 atom stereocenters. The van der Waals surface area contributed by atoms with Crippen molar-refractivity contribution in [2.75, 3.05) is 32.7 Å². The molecule has 1 aromatic carbocycles. The highest BCUT2D eigenvalue weighted by atomic mass is 32.2. The summed E-state index contributed by atoms with van der Waals surface area (Å²) < 4.78 is 42.5. The molecule has 0 aliphatic carbocycles. The number of halogens is 1. The van der Waals surface area contributed by atoms with Crippen molar-refractivity contribution in [3.8, 4) is 5.75 Å². The normalized spacial score (nSPS) is 18.8. The number of hydrogen-bond acceptors (Lipinski definition) is 8. The summed E-state index contributed by atoms with van der Waals surface area (Å²) in [5.41, 5.74) is 3.68. The predicted octanol–water partition coefficient (Wildman–Crippen LogP) is 4.00. The highest BCUT2D eigenvalue weighted by Gasteiger charge is 2.28. The number of ether oxygens (including phenoxy) is 1. The van der Waals surface area contributed by atoms with Crippen molar-refractivity contribution in [3.05, 3.63) is 34.5 Å². The van der Waals surface area contributed by atoms with Gasteiger partial charge in [0.15, 0.2) is 11.5 Å². The molecule has 2 aliphatic heterocycles. The van der Waals surface area contributed by atoms with Crippen molar-refractivity contribution < 1.29 is 27.5 Å². The Balaban J connectivity index is 1.77. The van der Waals surface area contributed by atoms with Gasteiger partial charge in [0, 0.05) is 24.7 Å². The number of amides is 1. The summed E-state index contributed by atoms with van der Waals surface area (Å²) in [6.45, 7) is 5.39. The molecule has 1 fully saturated rings. The van der Waals surface area contributed by atoms with E-state index in [-0.39, 0.29) is 31.2 Å². The topological polar surface area (TPSA) is 89.5 Å². The van der Waals surface area contributed by atoms with Crippen molar-refractivity contribution in [2.45, 2.75) is 26.7 Å². The van der Waals surface area contributed by atoms with Crippen LogP contribution in [0.25, 0.3) is 6.08 Å². The predicted molar refractivity (Wildman–Crippen MR) is 115 cm³/mol. The lowest BCUT2D eigenvalue weighted by molar-refractivity contribution is -0.113. The van der Waals surface area contributed by atoms with Gasteiger partial charge in [0.25, 0.3) is 5.91 Å². The molecular formula is C19H25FN3O5PS. The van der Waals surface area contributed by atoms with Gasteiger partial charge in [-0.15, -0.1) is 0 Å². The van der Waals surface area contributed by atoms with Gasteiger partial charge in [-0.25, -0.2) is 9.82 Å². The van der Waals surface area contributed by atoms with Gasteiger partial charge in [-0.05, 0) is 56.7 Å². The first-order chi connectivity index (χ1) is 14.4. The molecule has 2 aliphatic rings. The van der Waals surface area contributed by atoms with Gasteiger partial charge in [-0.3, -0.25) is 14.4 Å². The van der Waals surface area contributed by atoms with Gasteiger partial charge < -0.3 is 13.8 Å². The fraction of sp³-hybridized carbons (Fsp3) is 0.474. The Morgan fingerprint density at radius 2 is 2.07 bits per heavy atom. The molecule has 30 heavy (non-hydrogen) atoms. The van der Waals surface area contributed by atoms with Crippen LogP contribution in [0.3, 0.4) is 0 Å². The van der Waals surface area contributed by atoms with E-state index >= 15 is 0 Å². The van der Waals surface area contributed by atoms with Gasteiger partial charge >= 0.3 is 7.60 Å². The molecular weight excluding hydrogens is 432 g/mol. The Morgan fingerprint density at radius 1 is 1.30 bits per heavy atom. The maximum absolute atomic E-state index is 13.8. The van der Waals surface area contributed by atoms with Crippen molar-refractivity contribution in [3.63, 3.8) is 0 Å². The molecule has 11 heteroatoms. The molecule has 0 bridgehead atoms. The van der Waals surface area contributed by atoms with Gasteiger partial charge in [0.1, 0.15) is 11.6 Å². The summed E-state index contributed by atoms with van der Waals surface area (Å²) in [5, 5.41) is 2.46. The molecule has 8 nitrogen and oxygen atoms in total. The molecule has 1 amide bonds. The number of hydrogen-bond donors (Lipinski definition) is 1. The molecule has 0 aromatic heterocycles. The number of benzene rings is 1. The zero-order valence-corrected chi connectivity index (χ0v) is 18.6. The third-order valence-electron chi connectivity index (χ3n) is 4.24. The minimum absolute atomic E-state index is 0.139. The van der Waals surface area contributed by atoms with Crippen LogP contribution in [0, 0.1) is 5.82 Å². The molecule has 2 heterocycles. The fourth-order valence-corrected chi connectivity index (χ4v) is 5.13. The summed E-state index contributed by atoms with van der Waals surface area (Å²) in [7, 11) is -3.47. The van der Waals surface area contributed by atoms with E-state index < -0.39 is 13.4 Å². The Kier molecular flexibility index (Phi) is 8.07. The molecule has 1 saturated heterocycles. The summed E-state index contributed by atoms with van der Waals surface area (Å²) in [4.78, 5) is 16.9. The molecule has 0 saturated carbocycles. The molecule has 164 valence electrons. The van der Waals surface area contributed by atoms with E-state index in [0.29, 0.717) is 15.6 Å². The maximum atomic E-state index is 13.8. The number of rotatable bonds is 8. The van der Waals surface area contributed by atoms with Gasteiger partial charge in [0.2, 0.25) is 0 Å². The van der Waals surface area contributed by atoms with Crippen molar-refractivity contribution in [2.24, 2.45) is 4.99 Å². The SMILES string of the molecule is CCOP(=O)(COc1cc(F)ccc1C=C1SC(N2CCCCN2)=NC1=O)OCC. The lowest BCUT2D eigenvalue weighted by Crippen LogP contribution is -2.45. The average Bonchev–Trinajstić information content (AvgIpc) is 3.10. The monoisotopic (exact) mass is 457 g/mol. The summed E-state index contributed by atoms with van der Waals surface area (Å²) >= 11 is 1.24. The van der Waals surface area contributed by atoms with Crippen molar-refractivity contribution in [1.82, 2.24) is 10.4 Å². The second-order valence-corrected chi connectivity index (χ2v) is 9.48. The number of thioether (sulfide) groups is 1. The Bertz CT molecular complexity index is 879. The first kappa shape index (κ1) is 23.0. The Morgan fingerprint density at radius 3 is 2.73 bits per heavy atom. The smallest absolute Gasteiger partial charge is 0.367 e. The summed E-state index contributed by atoms with van der Waals surface area (Å²) in [6.07, 6.45) is 3.33. The molecule has 0 spiro atoms. The Hall–Kier alpha value is -1.71. The van der Waals surface area contributed by atoms with E-state index in [1.807, 2.05) is 5.01 Å². The number of carbonyl (C=O) groups excluding carboxylic acids is 1. The first-order valence-corrected chi connectivity index (χ1v) is 12.3. The van der Waals surface area contributed by atoms with Crippen LogP contribution in [0.2, 0.25) is 0 Å². The fourth-order valence-electron chi connectivity index (χ4n) is 2.91. The zero-order chi connectivity index (χ0) is 21.6. The van der Waals surface area contributed by atoms with E-state index in [4.69, 9.17) is 13.8 Å². The standard InChI is InChI=1S/C19H25FN3O5PS/c1-3-27-29(25,28-4-2)13-26-16-12-15(20)8-7-14(16)11-17-18(24)22-19(30-17)23-10-6-5-9-21-23/h7-8,11-12,21H,3-6,9-10,13H2,1-2H3. The molecule has 0 radical (unpaired) electrons. The second-order valence-electron chi connectivity index (χ2n) is 6.48. The average molecular weight is 457 g/mol. The van der Waals surface area contributed by atoms with Gasteiger partial charge in [-0.1, -0.05) is 0 Å². The first-order valence-electron chi connectivity index (χ1n) is 9.78. The van der Waals surface area contributed by atoms with Crippen LogP contribution in [0.1, 0.15) is 32.3 Å². The van der Waals surface area contributed by atoms with Crippen LogP contribution in [0.5, 0.6) is 5.75 Å². The van der Waals surface area contributed by atoms with Crippen LogP contribution in [-0.2, 0) is 18.4 Å². The number of nitrogens with zero attached hydrogens (tertiary/aromatic N) is 2. The van der Waals surface area contributed by atoms with Crippen molar-refractivity contribution in [1.29, 1.82) is 0 Å². The minimum atomic E-state index is -3.47. The number of amidine groups is 1.